The number of nitrogens with zero attached hydrogens (tertiary/aromatic N) is 4. The smallest absolute Gasteiger partial charge is 0.202 e. The second-order valence-electron chi connectivity index (χ2n) is 5.35. The van der Waals surface area contributed by atoms with Gasteiger partial charge < -0.3 is 5.73 Å². The number of hydrogen-bond acceptors (Lipinski definition) is 4. The standard InChI is InChI=1S/C13H17N5/c14-13-16-11-2-1-6-15-12(11)18(13)10-5-7-17(8-10)9-3-4-9/h1-2,6,9-10H,3-5,7-8H2,(H2,14,16). The normalized spacial score (nSPS) is 25.0. The number of imidazole rings is 1. The van der Waals surface area contributed by atoms with E-state index in [1.807, 2.05) is 18.3 Å². The van der Waals surface area contributed by atoms with Crippen molar-refractivity contribution in [2.24, 2.45) is 0 Å². The third-order valence-electron chi connectivity index (χ3n) is 4.10. The van der Waals surface area contributed by atoms with Crippen molar-refractivity contribution in [1.29, 1.82) is 0 Å². The molecule has 1 saturated heterocycles. The van der Waals surface area contributed by atoms with E-state index in [0.29, 0.717) is 12.0 Å². The summed E-state index contributed by atoms with van der Waals surface area (Å²) >= 11 is 0. The van der Waals surface area contributed by atoms with E-state index >= 15 is 0 Å². The van der Waals surface area contributed by atoms with Crippen LogP contribution in [0, 0.1) is 0 Å². The Morgan fingerprint density at radius 1 is 1.22 bits per heavy atom. The molecule has 0 aromatic carbocycles. The molecule has 0 amide bonds. The Labute approximate surface area is 106 Å². The van der Waals surface area contributed by atoms with Crippen molar-refractivity contribution in [2.45, 2.75) is 31.3 Å². The lowest BCUT2D eigenvalue weighted by atomic mass is 10.2. The molecule has 2 fully saturated rings. The molecular weight excluding hydrogens is 226 g/mol. The number of nitrogens with two attached hydrogens (primary N) is 1. The predicted molar refractivity (Wildman–Crippen MR) is 70.2 cm³/mol. The van der Waals surface area contributed by atoms with Gasteiger partial charge in [0.2, 0.25) is 5.95 Å². The fourth-order valence-electron chi connectivity index (χ4n) is 3.06. The molecule has 1 aliphatic heterocycles. The molecule has 1 saturated carbocycles. The van der Waals surface area contributed by atoms with E-state index in [2.05, 4.69) is 19.4 Å². The van der Waals surface area contributed by atoms with E-state index in [9.17, 15) is 0 Å². The van der Waals surface area contributed by atoms with Gasteiger partial charge in [0, 0.05) is 25.3 Å². The maximum Gasteiger partial charge on any atom is 0.202 e. The van der Waals surface area contributed by atoms with Crippen LogP contribution >= 0.6 is 0 Å². The minimum absolute atomic E-state index is 0.436. The van der Waals surface area contributed by atoms with E-state index in [1.54, 1.807) is 0 Å². The van der Waals surface area contributed by atoms with Gasteiger partial charge in [0.15, 0.2) is 5.65 Å². The molecule has 2 aromatic rings. The first-order chi connectivity index (χ1) is 8.83. The van der Waals surface area contributed by atoms with Crippen molar-refractivity contribution in [3.05, 3.63) is 18.3 Å². The van der Waals surface area contributed by atoms with Crippen LogP contribution in [0.15, 0.2) is 18.3 Å². The van der Waals surface area contributed by atoms with Crippen LogP contribution < -0.4 is 5.73 Å². The highest BCUT2D eigenvalue weighted by atomic mass is 15.3. The van der Waals surface area contributed by atoms with Gasteiger partial charge in [0.1, 0.15) is 5.52 Å². The summed E-state index contributed by atoms with van der Waals surface area (Å²) in [7, 11) is 0. The zero-order valence-corrected chi connectivity index (χ0v) is 10.3. The Hall–Kier alpha value is -1.62. The number of hydrogen-bond donors (Lipinski definition) is 1. The molecule has 3 heterocycles. The Balaban J connectivity index is 1.71. The number of pyridine rings is 1. The van der Waals surface area contributed by atoms with Crippen LogP contribution in [0.4, 0.5) is 5.95 Å². The first-order valence-electron chi connectivity index (χ1n) is 6.65. The van der Waals surface area contributed by atoms with Crippen LogP contribution in [0.3, 0.4) is 0 Å². The Kier molecular flexibility index (Phi) is 2.11. The Bertz CT molecular complexity index is 586. The molecule has 5 heteroatoms. The zero-order valence-electron chi connectivity index (χ0n) is 10.3. The fraction of sp³-hybridized carbons (Fsp3) is 0.538. The molecule has 2 N–H and O–H groups in total. The average Bonchev–Trinajstić information content (AvgIpc) is 3.01. The van der Waals surface area contributed by atoms with E-state index < -0.39 is 0 Å². The van der Waals surface area contributed by atoms with Crippen LogP contribution in [0.2, 0.25) is 0 Å². The monoisotopic (exact) mass is 243 g/mol. The molecule has 0 bridgehead atoms. The van der Waals surface area contributed by atoms with Crippen molar-refractivity contribution in [2.75, 3.05) is 18.8 Å². The maximum atomic E-state index is 6.06. The second kappa shape index (κ2) is 3.68. The highest BCUT2D eigenvalue weighted by Gasteiger charge is 2.35. The van der Waals surface area contributed by atoms with Crippen LogP contribution in [-0.2, 0) is 0 Å². The van der Waals surface area contributed by atoms with E-state index in [1.165, 1.54) is 19.4 Å². The van der Waals surface area contributed by atoms with Crippen LogP contribution in [0.1, 0.15) is 25.3 Å². The summed E-state index contributed by atoms with van der Waals surface area (Å²) in [5, 5.41) is 0. The van der Waals surface area contributed by atoms with Gasteiger partial charge in [-0.3, -0.25) is 9.47 Å². The summed E-state index contributed by atoms with van der Waals surface area (Å²) in [5.74, 6) is 0.603. The van der Waals surface area contributed by atoms with Crippen molar-refractivity contribution in [3.63, 3.8) is 0 Å². The topological polar surface area (TPSA) is 60.0 Å². The quantitative estimate of drug-likeness (QED) is 0.866. The molecular formula is C13H17N5. The van der Waals surface area contributed by atoms with Gasteiger partial charge >= 0.3 is 0 Å². The van der Waals surface area contributed by atoms with Gasteiger partial charge in [-0.25, -0.2) is 9.97 Å². The molecule has 94 valence electrons. The first kappa shape index (κ1) is 10.3. The van der Waals surface area contributed by atoms with Crippen molar-refractivity contribution >= 4 is 17.1 Å². The lowest BCUT2D eigenvalue weighted by Crippen LogP contribution is -2.24. The molecule has 2 aromatic heterocycles. The molecule has 1 aliphatic carbocycles. The lowest BCUT2D eigenvalue weighted by molar-refractivity contribution is 0.315. The van der Waals surface area contributed by atoms with Crippen LogP contribution in [0.25, 0.3) is 11.2 Å². The van der Waals surface area contributed by atoms with Gasteiger partial charge in [0.25, 0.3) is 0 Å². The number of likely N-dealkylation sites (tertiary alicyclic amines) is 1. The summed E-state index contributed by atoms with van der Waals surface area (Å²) in [6.45, 7) is 2.28. The molecule has 1 atom stereocenters. The summed E-state index contributed by atoms with van der Waals surface area (Å²) in [6.07, 6.45) is 5.70. The molecule has 1 unspecified atom stereocenters. The summed E-state index contributed by atoms with van der Waals surface area (Å²) in [5.41, 5.74) is 7.89. The van der Waals surface area contributed by atoms with Crippen LogP contribution in [0.5, 0.6) is 0 Å². The average molecular weight is 243 g/mol. The van der Waals surface area contributed by atoms with Gasteiger partial charge in [-0.15, -0.1) is 0 Å². The van der Waals surface area contributed by atoms with E-state index in [0.717, 1.165) is 30.2 Å². The molecule has 2 aliphatic rings. The third kappa shape index (κ3) is 1.50. The third-order valence-corrected chi connectivity index (χ3v) is 4.10. The predicted octanol–water partition coefficient (Wildman–Crippen LogP) is 1.42. The minimum Gasteiger partial charge on any atom is -0.369 e. The molecule has 18 heavy (non-hydrogen) atoms. The molecule has 4 rings (SSSR count). The van der Waals surface area contributed by atoms with Gasteiger partial charge in [-0.2, -0.15) is 0 Å². The van der Waals surface area contributed by atoms with Gasteiger partial charge in [-0.05, 0) is 31.4 Å². The maximum absolute atomic E-state index is 6.06. The summed E-state index contributed by atoms with van der Waals surface area (Å²) in [4.78, 5) is 11.4. The van der Waals surface area contributed by atoms with E-state index in [-0.39, 0.29) is 0 Å². The van der Waals surface area contributed by atoms with Gasteiger partial charge in [0.05, 0.1) is 6.04 Å². The van der Waals surface area contributed by atoms with Crippen LogP contribution in [-0.4, -0.2) is 38.6 Å². The molecule has 0 radical (unpaired) electrons. The van der Waals surface area contributed by atoms with E-state index in [4.69, 9.17) is 5.73 Å². The number of fused-ring (bicyclic) bond motifs is 1. The SMILES string of the molecule is Nc1nc2cccnc2n1C1CCN(C2CC2)C1. The number of aromatic nitrogens is 3. The van der Waals surface area contributed by atoms with Crippen molar-refractivity contribution in [1.82, 2.24) is 19.4 Å². The zero-order chi connectivity index (χ0) is 12.1. The molecule has 5 nitrogen and oxygen atoms in total. The highest BCUT2D eigenvalue weighted by Crippen LogP contribution is 2.35. The first-order valence-corrected chi connectivity index (χ1v) is 6.65. The number of anilines is 1. The van der Waals surface area contributed by atoms with Crippen molar-refractivity contribution in [3.8, 4) is 0 Å². The number of nitrogen functional groups attached to an aromatic ring is 1. The summed E-state index contributed by atoms with van der Waals surface area (Å²) in [6, 6.07) is 5.15. The summed E-state index contributed by atoms with van der Waals surface area (Å²) < 4.78 is 2.12. The highest BCUT2D eigenvalue weighted by molar-refractivity contribution is 5.74. The van der Waals surface area contributed by atoms with Crippen molar-refractivity contribution < 1.29 is 0 Å². The Morgan fingerprint density at radius 3 is 2.94 bits per heavy atom. The number of rotatable bonds is 2. The largest absolute Gasteiger partial charge is 0.369 e. The molecule has 0 spiro atoms. The second-order valence-corrected chi connectivity index (χ2v) is 5.35. The minimum atomic E-state index is 0.436. The van der Waals surface area contributed by atoms with Gasteiger partial charge in [-0.1, -0.05) is 0 Å². The fourth-order valence-corrected chi connectivity index (χ4v) is 3.06. The Morgan fingerprint density at radius 2 is 2.11 bits per heavy atom. The lowest BCUT2D eigenvalue weighted by Gasteiger charge is -2.16.